The predicted octanol–water partition coefficient (Wildman–Crippen LogP) is 3.67. The molecule has 1 atom stereocenters. The lowest BCUT2D eigenvalue weighted by atomic mass is 10.1. The zero-order chi connectivity index (χ0) is 14.1. The monoisotopic (exact) mass is 264 g/mol. The minimum Gasteiger partial charge on any atom is -0.480 e. The Bertz CT molecular complexity index is 466. The van der Waals surface area contributed by atoms with Crippen molar-refractivity contribution in [3.8, 4) is 5.75 Å². The molecule has 0 spiro atoms. The van der Waals surface area contributed by atoms with Crippen LogP contribution >= 0.6 is 0 Å². The lowest BCUT2D eigenvalue weighted by Gasteiger charge is -2.19. The number of halogens is 4. The molecule has 1 aromatic carbocycles. The van der Waals surface area contributed by atoms with Gasteiger partial charge >= 0.3 is 6.18 Å². The summed E-state index contributed by atoms with van der Waals surface area (Å²) in [5, 5.41) is 0. The van der Waals surface area contributed by atoms with E-state index in [1.165, 1.54) is 6.92 Å². The smallest absolute Gasteiger partial charge is 0.425 e. The predicted molar refractivity (Wildman–Crippen MR) is 57.3 cm³/mol. The number of Topliss-reactive ketones (excluding diaryl/α,β-unsaturated/α-hetero) is 1. The zero-order valence-electron chi connectivity index (χ0n) is 10.1. The highest BCUT2D eigenvalue weighted by Crippen LogP contribution is 2.29. The zero-order valence-corrected chi connectivity index (χ0v) is 10.1. The van der Waals surface area contributed by atoms with Crippen molar-refractivity contribution in [2.75, 3.05) is 0 Å². The second-order valence-electron chi connectivity index (χ2n) is 3.96. The first-order valence-electron chi connectivity index (χ1n) is 5.17. The molecule has 0 aliphatic rings. The average Bonchev–Trinajstić information content (AvgIpc) is 2.21. The molecule has 18 heavy (non-hydrogen) atoms. The Morgan fingerprint density at radius 1 is 1.33 bits per heavy atom. The van der Waals surface area contributed by atoms with Crippen molar-refractivity contribution in [3.05, 3.63) is 29.1 Å². The van der Waals surface area contributed by atoms with E-state index in [-0.39, 0.29) is 16.9 Å². The molecule has 0 saturated carbocycles. The van der Waals surface area contributed by atoms with E-state index in [0.717, 1.165) is 26.0 Å². The number of rotatable bonds is 3. The maximum Gasteiger partial charge on any atom is 0.425 e. The fraction of sp³-hybridized carbons (Fsp3) is 0.417. The Labute approximate surface area is 102 Å². The first kappa shape index (κ1) is 14.5. The molecule has 0 radical (unpaired) electrons. The molecule has 6 heteroatoms. The number of carbonyl (C=O) groups excluding carboxylic acids is 1. The molecule has 0 aromatic heterocycles. The van der Waals surface area contributed by atoms with Gasteiger partial charge in [-0.15, -0.1) is 0 Å². The molecule has 0 aliphatic heterocycles. The molecule has 0 aliphatic carbocycles. The highest BCUT2D eigenvalue weighted by atomic mass is 19.4. The third-order valence-electron chi connectivity index (χ3n) is 2.40. The summed E-state index contributed by atoms with van der Waals surface area (Å²) in [5.41, 5.74) is -0.0847. The van der Waals surface area contributed by atoms with Gasteiger partial charge in [0.25, 0.3) is 0 Å². The van der Waals surface area contributed by atoms with Crippen molar-refractivity contribution < 1.29 is 27.1 Å². The van der Waals surface area contributed by atoms with E-state index in [0.29, 0.717) is 0 Å². The Balaban J connectivity index is 3.15. The van der Waals surface area contributed by atoms with Crippen LogP contribution in [0.3, 0.4) is 0 Å². The summed E-state index contributed by atoms with van der Waals surface area (Å²) in [6.07, 6.45) is -6.61. The van der Waals surface area contributed by atoms with E-state index in [4.69, 9.17) is 4.74 Å². The summed E-state index contributed by atoms with van der Waals surface area (Å²) < 4.78 is 55.0. The van der Waals surface area contributed by atoms with Crippen LogP contribution in [0.2, 0.25) is 0 Å². The van der Waals surface area contributed by atoms with Crippen LogP contribution in [-0.4, -0.2) is 18.1 Å². The highest BCUT2D eigenvalue weighted by molar-refractivity contribution is 5.96. The number of benzene rings is 1. The van der Waals surface area contributed by atoms with Crippen molar-refractivity contribution in [2.24, 2.45) is 0 Å². The fourth-order valence-electron chi connectivity index (χ4n) is 1.28. The summed E-state index contributed by atoms with van der Waals surface area (Å²) in [6.45, 7) is 3.34. The second kappa shape index (κ2) is 4.96. The van der Waals surface area contributed by atoms with E-state index >= 15 is 0 Å². The van der Waals surface area contributed by atoms with Crippen LogP contribution in [0.25, 0.3) is 0 Å². The van der Waals surface area contributed by atoms with Gasteiger partial charge in [0.2, 0.25) is 0 Å². The largest absolute Gasteiger partial charge is 0.480 e. The molecule has 0 bridgehead atoms. The fourth-order valence-corrected chi connectivity index (χ4v) is 1.28. The topological polar surface area (TPSA) is 26.3 Å². The van der Waals surface area contributed by atoms with Gasteiger partial charge in [0.05, 0.1) is 5.56 Å². The van der Waals surface area contributed by atoms with Crippen LogP contribution < -0.4 is 4.74 Å². The van der Waals surface area contributed by atoms with Gasteiger partial charge in [0, 0.05) is 0 Å². The van der Waals surface area contributed by atoms with Crippen molar-refractivity contribution in [3.63, 3.8) is 0 Å². The van der Waals surface area contributed by atoms with Crippen LogP contribution in [0.1, 0.15) is 29.8 Å². The Kier molecular flexibility index (Phi) is 3.98. The number of ketones is 1. The van der Waals surface area contributed by atoms with Crippen LogP contribution in [0.15, 0.2) is 12.1 Å². The number of hydrogen-bond acceptors (Lipinski definition) is 2. The first-order valence-corrected chi connectivity index (χ1v) is 5.17. The van der Waals surface area contributed by atoms with Gasteiger partial charge in [0.15, 0.2) is 11.9 Å². The maximum absolute atomic E-state index is 13.3. The molecule has 100 valence electrons. The van der Waals surface area contributed by atoms with Crippen LogP contribution in [0.4, 0.5) is 17.6 Å². The number of alkyl halides is 3. The molecule has 1 rings (SSSR count). The first-order chi connectivity index (χ1) is 8.12. The number of carbonyl (C=O) groups is 1. The molecule has 0 heterocycles. The molecular weight excluding hydrogens is 252 g/mol. The number of hydrogen-bond donors (Lipinski definition) is 0. The summed E-state index contributed by atoms with van der Waals surface area (Å²) in [6, 6.07) is 1.98. The molecular formula is C12H12F4O2. The molecule has 0 amide bonds. The SMILES string of the molecule is CC(=O)c1cc(F)c(C)cc1OC(C)C(F)(F)F. The van der Waals surface area contributed by atoms with Gasteiger partial charge in [0.1, 0.15) is 11.6 Å². The summed E-state index contributed by atoms with van der Waals surface area (Å²) in [5.74, 6) is -1.48. The van der Waals surface area contributed by atoms with Crippen molar-refractivity contribution >= 4 is 5.78 Å². The van der Waals surface area contributed by atoms with E-state index in [1.54, 1.807) is 0 Å². The summed E-state index contributed by atoms with van der Waals surface area (Å²) in [4.78, 5) is 11.2. The minimum absolute atomic E-state index is 0.115. The summed E-state index contributed by atoms with van der Waals surface area (Å²) >= 11 is 0. The minimum atomic E-state index is -4.55. The number of ether oxygens (including phenoxy) is 1. The molecule has 0 N–H and O–H groups in total. The highest BCUT2D eigenvalue weighted by Gasteiger charge is 2.38. The normalized spacial score (nSPS) is 13.3. The van der Waals surface area contributed by atoms with Gasteiger partial charge in [-0.2, -0.15) is 13.2 Å². The maximum atomic E-state index is 13.3. The third kappa shape index (κ3) is 3.21. The average molecular weight is 264 g/mol. The standard InChI is InChI=1S/C12H12F4O2/c1-6-4-11(18-8(3)12(14,15)16)9(7(2)17)5-10(6)13/h4-5,8H,1-3H3. The van der Waals surface area contributed by atoms with E-state index in [9.17, 15) is 22.4 Å². The van der Waals surface area contributed by atoms with E-state index in [1.807, 2.05) is 0 Å². The van der Waals surface area contributed by atoms with Gasteiger partial charge in [-0.1, -0.05) is 0 Å². The molecule has 2 nitrogen and oxygen atoms in total. The van der Waals surface area contributed by atoms with Crippen LogP contribution in [-0.2, 0) is 0 Å². The number of aryl methyl sites for hydroxylation is 1. The van der Waals surface area contributed by atoms with Gasteiger partial charge in [-0.3, -0.25) is 4.79 Å². The van der Waals surface area contributed by atoms with Crippen molar-refractivity contribution in [2.45, 2.75) is 33.1 Å². The van der Waals surface area contributed by atoms with Gasteiger partial charge in [-0.25, -0.2) is 4.39 Å². The lowest BCUT2D eigenvalue weighted by molar-refractivity contribution is -0.189. The molecule has 0 saturated heterocycles. The van der Waals surface area contributed by atoms with E-state index < -0.39 is 23.9 Å². The second-order valence-corrected chi connectivity index (χ2v) is 3.96. The molecule has 0 fully saturated rings. The Morgan fingerprint density at radius 2 is 1.89 bits per heavy atom. The van der Waals surface area contributed by atoms with Crippen LogP contribution in [0.5, 0.6) is 5.75 Å². The van der Waals surface area contributed by atoms with Gasteiger partial charge < -0.3 is 4.74 Å². The lowest BCUT2D eigenvalue weighted by Crippen LogP contribution is -2.31. The Morgan fingerprint density at radius 3 is 2.33 bits per heavy atom. The Hall–Kier alpha value is -1.59. The van der Waals surface area contributed by atoms with Gasteiger partial charge in [-0.05, 0) is 38.5 Å². The quantitative estimate of drug-likeness (QED) is 0.615. The third-order valence-corrected chi connectivity index (χ3v) is 2.40. The van der Waals surface area contributed by atoms with Crippen molar-refractivity contribution in [1.82, 2.24) is 0 Å². The molecule has 1 unspecified atom stereocenters. The van der Waals surface area contributed by atoms with Crippen LogP contribution in [0, 0.1) is 12.7 Å². The summed E-state index contributed by atoms with van der Waals surface area (Å²) in [7, 11) is 0. The van der Waals surface area contributed by atoms with Crippen molar-refractivity contribution in [1.29, 1.82) is 0 Å². The van der Waals surface area contributed by atoms with E-state index in [2.05, 4.69) is 0 Å². The molecule has 1 aromatic rings.